The minimum Gasteiger partial charge on any atom is -0.324 e. The Balaban J connectivity index is 0.00000196. The van der Waals surface area contributed by atoms with E-state index >= 15 is 0 Å². The topological polar surface area (TPSA) is 26.0 Å². The zero-order chi connectivity index (χ0) is 10.7. The standard InChI is InChI=1S/C12H18FN.ClH/c1-8(2)6-12(14)11-7-10(13)5-4-9(11)3;/h4-5,7-8,12H,6,14H2,1-3H3;1H/t12-;/m1./s1. The number of halogens is 2. The molecule has 1 nitrogen and oxygen atoms in total. The normalized spacial score (nSPS) is 12.4. The van der Waals surface area contributed by atoms with Crippen LogP contribution in [-0.2, 0) is 0 Å². The Hall–Kier alpha value is -0.600. The molecule has 2 N–H and O–H groups in total. The summed E-state index contributed by atoms with van der Waals surface area (Å²) >= 11 is 0. The summed E-state index contributed by atoms with van der Waals surface area (Å²) in [4.78, 5) is 0. The summed E-state index contributed by atoms with van der Waals surface area (Å²) in [6.07, 6.45) is 0.893. The molecule has 1 rings (SSSR count). The monoisotopic (exact) mass is 231 g/mol. The molecule has 0 spiro atoms. The fourth-order valence-corrected chi connectivity index (χ4v) is 1.65. The Morgan fingerprint density at radius 1 is 1.33 bits per heavy atom. The van der Waals surface area contributed by atoms with Gasteiger partial charge in [-0.1, -0.05) is 19.9 Å². The van der Waals surface area contributed by atoms with Gasteiger partial charge in [-0.15, -0.1) is 12.4 Å². The van der Waals surface area contributed by atoms with Crippen LogP contribution < -0.4 is 5.73 Å². The molecule has 1 aromatic rings. The van der Waals surface area contributed by atoms with Crippen molar-refractivity contribution in [3.8, 4) is 0 Å². The lowest BCUT2D eigenvalue weighted by molar-refractivity contribution is 0.505. The van der Waals surface area contributed by atoms with Crippen LogP contribution >= 0.6 is 12.4 Å². The molecule has 0 bridgehead atoms. The molecule has 0 aliphatic heterocycles. The quantitative estimate of drug-likeness (QED) is 0.845. The van der Waals surface area contributed by atoms with Gasteiger partial charge >= 0.3 is 0 Å². The highest BCUT2D eigenvalue weighted by Crippen LogP contribution is 2.22. The van der Waals surface area contributed by atoms with E-state index in [9.17, 15) is 4.39 Å². The second kappa shape index (κ2) is 6.09. The SMILES string of the molecule is Cc1ccc(F)cc1[C@H](N)CC(C)C.Cl. The van der Waals surface area contributed by atoms with Crippen molar-refractivity contribution in [3.05, 3.63) is 35.1 Å². The third-order valence-corrected chi connectivity index (χ3v) is 2.37. The molecule has 1 atom stereocenters. The molecule has 0 saturated carbocycles. The fraction of sp³-hybridized carbons (Fsp3) is 0.500. The molecular weight excluding hydrogens is 213 g/mol. The molecule has 0 amide bonds. The van der Waals surface area contributed by atoms with Gasteiger partial charge in [0.2, 0.25) is 0 Å². The average Bonchev–Trinajstić information content (AvgIpc) is 2.08. The van der Waals surface area contributed by atoms with E-state index in [0.717, 1.165) is 17.5 Å². The maximum atomic E-state index is 13.0. The van der Waals surface area contributed by atoms with Crippen LogP contribution in [0.3, 0.4) is 0 Å². The Kier molecular flexibility index (Phi) is 5.84. The van der Waals surface area contributed by atoms with Crippen molar-refractivity contribution in [3.63, 3.8) is 0 Å². The van der Waals surface area contributed by atoms with Crippen molar-refractivity contribution in [2.24, 2.45) is 11.7 Å². The highest BCUT2D eigenvalue weighted by Gasteiger charge is 2.11. The Labute approximate surface area is 97.3 Å². The minimum absolute atomic E-state index is 0. The van der Waals surface area contributed by atoms with Gasteiger partial charge in [0.1, 0.15) is 5.82 Å². The van der Waals surface area contributed by atoms with Crippen LogP contribution in [-0.4, -0.2) is 0 Å². The van der Waals surface area contributed by atoms with Crippen molar-refractivity contribution in [2.75, 3.05) is 0 Å². The zero-order valence-corrected chi connectivity index (χ0v) is 10.3. The number of aryl methyl sites for hydroxylation is 1. The third-order valence-electron chi connectivity index (χ3n) is 2.37. The van der Waals surface area contributed by atoms with Crippen LogP contribution in [0.1, 0.15) is 37.4 Å². The highest BCUT2D eigenvalue weighted by molar-refractivity contribution is 5.85. The van der Waals surface area contributed by atoms with E-state index in [1.54, 1.807) is 12.1 Å². The predicted molar refractivity (Wildman–Crippen MR) is 64.8 cm³/mol. The summed E-state index contributed by atoms with van der Waals surface area (Å²) in [5, 5.41) is 0. The molecule has 1 aromatic carbocycles. The van der Waals surface area contributed by atoms with E-state index in [1.807, 2.05) is 6.92 Å². The minimum atomic E-state index is -0.204. The smallest absolute Gasteiger partial charge is 0.123 e. The molecule has 0 aliphatic carbocycles. The summed E-state index contributed by atoms with van der Waals surface area (Å²) in [6.45, 7) is 6.21. The first-order chi connectivity index (χ1) is 6.50. The van der Waals surface area contributed by atoms with Gasteiger partial charge in [-0.3, -0.25) is 0 Å². The Bertz CT molecular complexity index is 312. The first-order valence-corrected chi connectivity index (χ1v) is 5.02. The van der Waals surface area contributed by atoms with E-state index in [1.165, 1.54) is 6.07 Å². The van der Waals surface area contributed by atoms with Gasteiger partial charge in [0.15, 0.2) is 0 Å². The van der Waals surface area contributed by atoms with Crippen LogP contribution in [0.4, 0.5) is 4.39 Å². The lowest BCUT2D eigenvalue weighted by Crippen LogP contribution is -2.14. The summed E-state index contributed by atoms with van der Waals surface area (Å²) < 4.78 is 13.0. The summed E-state index contributed by atoms with van der Waals surface area (Å²) in [5.74, 6) is 0.331. The summed E-state index contributed by atoms with van der Waals surface area (Å²) in [7, 11) is 0. The van der Waals surface area contributed by atoms with Crippen LogP contribution in [0.25, 0.3) is 0 Å². The van der Waals surface area contributed by atoms with Gasteiger partial charge in [-0.05, 0) is 42.5 Å². The number of hydrogen-bond donors (Lipinski definition) is 1. The van der Waals surface area contributed by atoms with E-state index < -0.39 is 0 Å². The van der Waals surface area contributed by atoms with E-state index in [-0.39, 0.29) is 24.3 Å². The first kappa shape index (κ1) is 14.4. The van der Waals surface area contributed by atoms with Crippen molar-refractivity contribution < 1.29 is 4.39 Å². The van der Waals surface area contributed by atoms with Gasteiger partial charge < -0.3 is 5.73 Å². The van der Waals surface area contributed by atoms with Crippen LogP contribution in [0.15, 0.2) is 18.2 Å². The van der Waals surface area contributed by atoms with E-state index in [0.29, 0.717) is 5.92 Å². The molecule has 0 aliphatic rings. The van der Waals surface area contributed by atoms with Gasteiger partial charge in [-0.2, -0.15) is 0 Å². The van der Waals surface area contributed by atoms with Crippen molar-refractivity contribution in [2.45, 2.75) is 33.2 Å². The molecule has 0 heterocycles. The van der Waals surface area contributed by atoms with Gasteiger partial charge in [0.05, 0.1) is 0 Å². The third kappa shape index (κ3) is 4.18. The van der Waals surface area contributed by atoms with Crippen LogP contribution in [0, 0.1) is 18.7 Å². The maximum Gasteiger partial charge on any atom is 0.123 e. The van der Waals surface area contributed by atoms with Crippen LogP contribution in [0.2, 0.25) is 0 Å². The molecule has 0 aromatic heterocycles. The molecule has 86 valence electrons. The first-order valence-electron chi connectivity index (χ1n) is 5.02. The number of hydrogen-bond acceptors (Lipinski definition) is 1. The second-order valence-electron chi connectivity index (χ2n) is 4.24. The number of benzene rings is 1. The fourth-order valence-electron chi connectivity index (χ4n) is 1.65. The molecule has 15 heavy (non-hydrogen) atoms. The molecule has 3 heteroatoms. The van der Waals surface area contributed by atoms with E-state index in [2.05, 4.69) is 13.8 Å². The molecule has 0 radical (unpaired) electrons. The van der Waals surface area contributed by atoms with Gasteiger partial charge in [0.25, 0.3) is 0 Å². The van der Waals surface area contributed by atoms with E-state index in [4.69, 9.17) is 5.73 Å². The predicted octanol–water partition coefficient (Wildman–Crippen LogP) is 3.60. The zero-order valence-electron chi connectivity index (χ0n) is 9.46. The maximum absolute atomic E-state index is 13.0. The van der Waals surface area contributed by atoms with Crippen molar-refractivity contribution in [1.29, 1.82) is 0 Å². The van der Waals surface area contributed by atoms with Crippen molar-refractivity contribution in [1.82, 2.24) is 0 Å². The molecule has 0 fully saturated rings. The summed E-state index contributed by atoms with van der Waals surface area (Å²) in [5.41, 5.74) is 8.00. The lowest BCUT2D eigenvalue weighted by Gasteiger charge is -2.16. The Morgan fingerprint density at radius 2 is 1.93 bits per heavy atom. The Morgan fingerprint density at radius 3 is 2.47 bits per heavy atom. The van der Waals surface area contributed by atoms with Gasteiger partial charge in [0, 0.05) is 6.04 Å². The lowest BCUT2D eigenvalue weighted by atomic mass is 9.94. The summed E-state index contributed by atoms with van der Waals surface area (Å²) in [6, 6.07) is 4.75. The number of nitrogens with two attached hydrogens (primary N) is 1. The molecule has 0 unspecified atom stereocenters. The second-order valence-corrected chi connectivity index (χ2v) is 4.24. The van der Waals surface area contributed by atoms with Gasteiger partial charge in [-0.25, -0.2) is 4.39 Å². The highest BCUT2D eigenvalue weighted by atomic mass is 35.5. The van der Waals surface area contributed by atoms with Crippen molar-refractivity contribution >= 4 is 12.4 Å². The average molecular weight is 232 g/mol. The van der Waals surface area contributed by atoms with Crippen LogP contribution in [0.5, 0.6) is 0 Å². The largest absolute Gasteiger partial charge is 0.324 e. The molecular formula is C12H19ClFN. The molecule has 0 saturated heterocycles. The number of rotatable bonds is 3.